The third kappa shape index (κ3) is 5.02. The van der Waals surface area contributed by atoms with Crippen molar-refractivity contribution >= 4 is 32.9 Å². The van der Waals surface area contributed by atoms with Crippen LogP contribution in [0, 0.1) is 0 Å². The largest absolute Gasteiger partial charge is 0.480 e. The monoisotopic (exact) mass is 411 g/mol. The second-order valence-electron chi connectivity index (χ2n) is 6.31. The van der Waals surface area contributed by atoms with Gasteiger partial charge in [0.2, 0.25) is 0 Å². The molecule has 0 aliphatic rings. The van der Waals surface area contributed by atoms with Gasteiger partial charge in [0.15, 0.2) is 0 Å². The van der Waals surface area contributed by atoms with Crippen molar-refractivity contribution in [1.82, 2.24) is 15.3 Å². The number of carbonyl (C=O) groups is 1. The predicted octanol–water partition coefficient (Wildman–Crippen LogP) is 2.79. The quantitative estimate of drug-likeness (QED) is 0.689. The average Bonchev–Trinajstić information content (AvgIpc) is 2.56. The Morgan fingerprint density at radius 1 is 1.24 bits per heavy atom. The summed E-state index contributed by atoms with van der Waals surface area (Å²) in [4.78, 5) is 19.8. The molecule has 0 amide bonds. The number of hydrogen-bond donors (Lipinski definition) is 2. The lowest BCUT2D eigenvalue weighted by molar-refractivity contribution is -0.136. The highest BCUT2D eigenvalue weighted by molar-refractivity contribution is 9.10. The van der Waals surface area contributed by atoms with Crippen LogP contribution in [0.3, 0.4) is 0 Å². The standard InChI is InChI=1S/C17H22BrN3O4/c1-17(2,19-9-13(22)23)6-5-10-7-11(18)8-12-14(10)21-16(25-4)15(20-12)24-3/h7-8,19H,5-6,9H2,1-4H3,(H,22,23). The highest BCUT2D eigenvalue weighted by atomic mass is 79.9. The van der Waals surface area contributed by atoms with Gasteiger partial charge in [-0.2, -0.15) is 0 Å². The molecule has 0 radical (unpaired) electrons. The molecule has 0 bridgehead atoms. The molecule has 1 heterocycles. The first-order valence-electron chi connectivity index (χ1n) is 7.80. The normalized spacial score (nSPS) is 11.6. The van der Waals surface area contributed by atoms with E-state index in [4.69, 9.17) is 14.6 Å². The second-order valence-corrected chi connectivity index (χ2v) is 7.22. The smallest absolute Gasteiger partial charge is 0.317 e. The molecule has 1 aromatic heterocycles. The number of benzene rings is 1. The number of aryl methyl sites for hydroxylation is 1. The first-order chi connectivity index (χ1) is 11.8. The number of carboxylic acid groups (broad SMARTS) is 1. The van der Waals surface area contributed by atoms with Gasteiger partial charge in [-0.3, -0.25) is 4.79 Å². The Kier molecular flexibility index (Phi) is 6.18. The number of hydrogen-bond acceptors (Lipinski definition) is 6. The number of halogens is 1. The third-order valence-corrected chi connectivity index (χ3v) is 4.33. The van der Waals surface area contributed by atoms with E-state index < -0.39 is 5.97 Å². The van der Waals surface area contributed by atoms with Gasteiger partial charge in [-0.15, -0.1) is 0 Å². The van der Waals surface area contributed by atoms with Gasteiger partial charge in [0.25, 0.3) is 11.8 Å². The Morgan fingerprint density at radius 3 is 2.48 bits per heavy atom. The molecule has 0 aliphatic heterocycles. The predicted molar refractivity (Wildman–Crippen MR) is 98.4 cm³/mol. The Morgan fingerprint density at radius 2 is 1.88 bits per heavy atom. The molecule has 2 aromatic rings. The van der Waals surface area contributed by atoms with E-state index in [2.05, 4.69) is 31.2 Å². The fourth-order valence-electron chi connectivity index (χ4n) is 2.47. The van der Waals surface area contributed by atoms with Crippen LogP contribution in [0.4, 0.5) is 0 Å². The molecule has 2 N–H and O–H groups in total. The third-order valence-electron chi connectivity index (χ3n) is 3.88. The highest BCUT2D eigenvalue weighted by Crippen LogP contribution is 2.30. The Balaban J connectivity index is 2.32. The van der Waals surface area contributed by atoms with Crippen LogP contribution in [0.25, 0.3) is 11.0 Å². The molecule has 0 aliphatic carbocycles. The SMILES string of the molecule is COc1nc2cc(Br)cc(CCC(C)(C)NCC(=O)O)c2nc1OC. The number of rotatable bonds is 8. The average molecular weight is 412 g/mol. The van der Waals surface area contributed by atoms with Crippen LogP contribution in [0.2, 0.25) is 0 Å². The van der Waals surface area contributed by atoms with E-state index in [0.29, 0.717) is 23.7 Å². The summed E-state index contributed by atoms with van der Waals surface area (Å²) in [5, 5.41) is 11.9. The molecule has 0 fully saturated rings. The number of fused-ring (bicyclic) bond motifs is 1. The first kappa shape index (κ1) is 19.4. The van der Waals surface area contributed by atoms with Gasteiger partial charge in [0, 0.05) is 10.0 Å². The van der Waals surface area contributed by atoms with Crippen molar-refractivity contribution in [2.75, 3.05) is 20.8 Å². The summed E-state index contributed by atoms with van der Waals surface area (Å²) in [6.45, 7) is 3.88. The number of carboxylic acids is 1. The number of methoxy groups -OCH3 is 2. The summed E-state index contributed by atoms with van der Waals surface area (Å²) in [5.41, 5.74) is 2.13. The summed E-state index contributed by atoms with van der Waals surface area (Å²) >= 11 is 3.50. The molecule has 8 heteroatoms. The molecule has 0 unspecified atom stereocenters. The summed E-state index contributed by atoms with van der Waals surface area (Å²) in [7, 11) is 3.05. The van der Waals surface area contributed by atoms with Crippen LogP contribution < -0.4 is 14.8 Å². The van der Waals surface area contributed by atoms with Crippen LogP contribution in [-0.2, 0) is 11.2 Å². The van der Waals surface area contributed by atoms with Crippen LogP contribution in [-0.4, -0.2) is 47.3 Å². The summed E-state index contributed by atoms with van der Waals surface area (Å²) in [6, 6.07) is 3.87. The fourth-order valence-corrected chi connectivity index (χ4v) is 2.96. The van der Waals surface area contributed by atoms with Crippen molar-refractivity contribution in [3.8, 4) is 11.8 Å². The molecule has 136 valence electrons. The Hall–Kier alpha value is -1.93. The molecular weight excluding hydrogens is 390 g/mol. The number of aromatic nitrogens is 2. The summed E-state index contributed by atoms with van der Waals surface area (Å²) < 4.78 is 11.4. The topological polar surface area (TPSA) is 93.6 Å². The first-order valence-corrected chi connectivity index (χ1v) is 8.60. The number of nitrogens with zero attached hydrogens (tertiary/aromatic N) is 2. The summed E-state index contributed by atoms with van der Waals surface area (Å²) in [6.07, 6.45) is 1.45. The van der Waals surface area contributed by atoms with E-state index in [-0.39, 0.29) is 12.1 Å². The van der Waals surface area contributed by atoms with Crippen LogP contribution in [0.5, 0.6) is 11.8 Å². The minimum Gasteiger partial charge on any atom is -0.480 e. The molecule has 0 spiro atoms. The zero-order valence-corrected chi connectivity index (χ0v) is 16.3. The maximum absolute atomic E-state index is 10.8. The maximum Gasteiger partial charge on any atom is 0.317 e. The van der Waals surface area contributed by atoms with Crippen molar-refractivity contribution < 1.29 is 19.4 Å². The number of aliphatic carboxylic acids is 1. The van der Waals surface area contributed by atoms with Crippen LogP contribution >= 0.6 is 15.9 Å². The van der Waals surface area contributed by atoms with Crippen molar-refractivity contribution in [1.29, 1.82) is 0 Å². The minimum atomic E-state index is -0.872. The molecule has 0 saturated carbocycles. The minimum absolute atomic E-state index is 0.0724. The molecule has 25 heavy (non-hydrogen) atoms. The van der Waals surface area contributed by atoms with Crippen molar-refractivity contribution in [2.24, 2.45) is 0 Å². The van der Waals surface area contributed by atoms with Crippen LogP contribution in [0.15, 0.2) is 16.6 Å². The zero-order chi connectivity index (χ0) is 18.6. The fraction of sp³-hybridized carbons (Fsp3) is 0.471. The van der Waals surface area contributed by atoms with E-state index in [1.165, 1.54) is 14.2 Å². The maximum atomic E-state index is 10.8. The number of ether oxygens (including phenoxy) is 2. The van der Waals surface area contributed by atoms with Gasteiger partial charge >= 0.3 is 5.97 Å². The Bertz CT molecular complexity index is 780. The van der Waals surface area contributed by atoms with Crippen LogP contribution in [0.1, 0.15) is 25.8 Å². The van der Waals surface area contributed by atoms with Gasteiger partial charge in [-0.25, -0.2) is 9.97 Å². The molecule has 0 saturated heterocycles. The summed E-state index contributed by atoms with van der Waals surface area (Å²) in [5.74, 6) is -0.201. The lowest BCUT2D eigenvalue weighted by Crippen LogP contribution is -2.42. The van der Waals surface area contributed by atoms with Crippen molar-refractivity contribution in [3.05, 3.63) is 22.2 Å². The molecule has 2 rings (SSSR count). The lowest BCUT2D eigenvalue weighted by Gasteiger charge is -2.25. The van der Waals surface area contributed by atoms with E-state index in [1.807, 2.05) is 26.0 Å². The molecular formula is C17H22BrN3O4. The lowest BCUT2D eigenvalue weighted by atomic mass is 9.94. The second kappa shape index (κ2) is 7.97. The van der Waals surface area contributed by atoms with E-state index >= 15 is 0 Å². The molecule has 1 aromatic carbocycles. The van der Waals surface area contributed by atoms with Crippen molar-refractivity contribution in [2.45, 2.75) is 32.2 Å². The highest BCUT2D eigenvalue weighted by Gasteiger charge is 2.20. The molecule has 7 nitrogen and oxygen atoms in total. The van der Waals surface area contributed by atoms with Gasteiger partial charge in [0.05, 0.1) is 31.8 Å². The van der Waals surface area contributed by atoms with E-state index in [0.717, 1.165) is 22.0 Å². The van der Waals surface area contributed by atoms with Gasteiger partial charge < -0.3 is 19.9 Å². The van der Waals surface area contributed by atoms with Gasteiger partial charge in [-0.05, 0) is 44.4 Å². The molecule has 0 atom stereocenters. The zero-order valence-electron chi connectivity index (χ0n) is 14.7. The number of nitrogens with one attached hydrogen (secondary N) is 1. The van der Waals surface area contributed by atoms with Gasteiger partial charge in [-0.1, -0.05) is 15.9 Å². The Labute approximate surface area is 154 Å². The van der Waals surface area contributed by atoms with Gasteiger partial charge in [0.1, 0.15) is 0 Å². The van der Waals surface area contributed by atoms with Crippen molar-refractivity contribution in [3.63, 3.8) is 0 Å². The van der Waals surface area contributed by atoms with E-state index in [1.54, 1.807) is 0 Å². The van der Waals surface area contributed by atoms with E-state index in [9.17, 15) is 4.79 Å².